The Kier molecular flexibility index (Phi) is 2.83. The Morgan fingerprint density at radius 3 is 2.39 bits per heavy atom. The van der Waals surface area contributed by atoms with Crippen LogP contribution in [0.5, 0.6) is 0 Å². The van der Waals surface area contributed by atoms with Gasteiger partial charge in [-0.15, -0.1) is 0 Å². The van der Waals surface area contributed by atoms with Gasteiger partial charge < -0.3 is 4.90 Å². The van der Waals surface area contributed by atoms with Gasteiger partial charge in [-0.2, -0.15) is 0 Å². The number of fused-ring (bicyclic) bond motifs is 3. The zero-order valence-corrected chi connectivity index (χ0v) is 11.1. The molecule has 0 N–H and O–H groups in total. The number of rotatable bonds is 3. The van der Waals surface area contributed by atoms with E-state index in [9.17, 15) is 0 Å². The molecule has 0 saturated carbocycles. The number of hydrogen-bond donors (Lipinski definition) is 0. The SMILES string of the molecule is CCN(CC)c1ccc2c(c1)-c1ccccc1C2. The van der Waals surface area contributed by atoms with Gasteiger partial charge in [-0.05, 0) is 54.7 Å². The van der Waals surface area contributed by atoms with Gasteiger partial charge >= 0.3 is 0 Å². The average Bonchev–Trinajstić information content (AvgIpc) is 2.78. The van der Waals surface area contributed by atoms with Crippen molar-refractivity contribution in [2.24, 2.45) is 0 Å². The summed E-state index contributed by atoms with van der Waals surface area (Å²) < 4.78 is 0. The lowest BCUT2D eigenvalue weighted by Crippen LogP contribution is -2.21. The second-order valence-electron chi connectivity index (χ2n) is 4.85. The molecule has 2 aromatic carbocycles. The van der Waals surface area contributed by atoms with Gasteiger partial charge in [0.25, 0.3) is 0 Å². The van der Waals surface area contributed by atoms with Crippen LogP contribution in [0.15, 0.2) is 42.5 Å². The molecule has 1 aliphatic rings. The van der Waals surface area contributed by atoms with E-state index in [0.717, 1.165) is 19.5 Å². The van der Waals surface area contributed by atoms with Crippen molar-refractivity contribution in [1.82, 2.24) is 0 Å². The van der Waals surface area contributed by atoms with Gasteiger partial charge in [0.15, 0.2) is 0 Å². The van der Waals surface area contributed by atoms with Crippen molar-refractivity contribution in [3.05, 3.63) is 53.6 Å². The lowest BCUT2D eigenvalue weighted by molar-refractivity contribution is 0.866. The third-order valence-electron chi connectivity index (χ3n) is 3.91. The van der Waals surface area contributed by atoms with Crippen molar-refractivity contribution < 1.29 is 0 Å². The third kappa shape index (κ3) is 1.71. The summed E-state index contributed by atoms with van der Waals surface area (Å²) in [6, 6.07) is 15.7. The average molecular weight is 237 g/mol. The highest BCUT2D eigenvalue weighted by Crippen LogP contribution is 2.38. The monoisotopic (exact) mass is 237 g/mol. The van der Waals surface area contributed by atoms with E-state index in [0.29, 0.717) is 0 Å². The Bertz CT molecular complexity index is 568. The van der Waals surface area contributed by atoms with Crippen LogP contribution >= 0.6 is 0 Å². The lowest BCUT2D eigenvalue weighted by Gasteiger charge is -2.21. The van der Waals surface area contributed by atoms with E-state index in [1.165, 1.54) is 27.9 Å². The Morgan fingerprint density at radius 1 is 0.889 bits per heavy atom. The molecule has 18 heavy (non-hydrogen) atoms. The molecule has 92 valence electrons. The van der Waals surface area contributed by atoms with Gasteiger partial charge in [-0.3, -0.25) is 0 Å². The normalized spacial score (nSPS) is 12.1. The van der Waals surface area contributed by atoms with E-state index < -0.39 is 0 Å². The lowest BCUT2D eigenvalue weighted by atomic mass is 10.0. The highest BCUT2D eigenvalue weighted by molar-refractivity contribution is 5.79. The van der Waals surface area contributed by atoms with E-state index in [2.05, 4.69) is 61.2 Å². The first-order valence-electron chi connectivity index (χ1n) is 6.79. The molecule has 0 fully saturated rings. The molecule has 0 amide bonds. The molecule has 0 radical (unpaired) electrons. The van der Waals surface area contributed by atoms with Crippen LogP contribution in [0, 0.1) is 0 Å². The van der Waals surface area contributed by atoms with Crippen molar-refractivity contribution in [2.75, 3.05) is 18.0 Å². The summed E-state index contributed by atoms with van der Waals surface area (Å²) in [6.45, 7) is 6.56. The maximum atomic E-state index is 2.40. The van der Waals surface area contributed by atoms with E-state index in [1.807, 2.05) is 0 Å². The van der Waals surface area contributed by atoms with Gasteiger partial charge in [-0.25, -0.2) is 0 Å². The topological polar surface area (TPSA) is 3.24 Å². The molecule has 0 saturated heterocycles. The molecule has 0 heterocycles. The van der Waals surface area contributed by atoms with E-state index in [4.69, 9.17) is 0 Å². The smallest absolute Gasteiger partial charge is 0.0372 e. The first kappa shape index (κ1) is 11.3. The molecule has 0 aromatic heterocycles. The fourth-order valence-corrected chi connectivity index (χ4v) is 2.90. The van der Waals surface area contributed by atoms with Crippen LogP contribution in [0.1, 0.15) is 25.0 Å². The minimum absolute atomic E-state index is 1.07. The molecule has 1 aliphatic carbocycles. The van der Waals surface area contributed by atoms with Crippen LogP contribution in [-0.4, -0.2) is 13.1 Å². The Labute approximate surface area is 109 Å². The quantitative estimate of drug-likeness (QED) is 0.662. The third-order valence-corrected chi connectivity index (χ3v) is 3.91. The van der Waals surface area contributed by atoms with E-state index in [1.54, 1.807) is 0 Å². The molecule has 0 atom stereocenters. The summed E-state index contributed by atoms with van der Waals surface area (Å²) in [5.74, 6) is 0. The fraction of sp³-hybridized carbons (Fsp3) is 0.294. The largest absolute Gasteiger partial charge is 0.372 e. The number of nitrogens with zero attached hydrogens (tertiary/aromatic N) is 1. The van der Waals surface area contributed by atoms with Crippen molar-refractivity contribution in [3.63, 3.8) is 0 Å². The van der Waals surface area contributed by atoms with Crippen LogP contribution < -0.4 is 4.90 Å². The molecule has 1 heteroatoms. The van der Waals surface area contributed by atoms with Crippen LogP contribution in [0.25, 0.3) is 11.1 Å². The predicted octanol–water partition coefficient (Wildman–Crippen LogP) is 4.10. The number of benzene rings is 2. The van der Waals surface area contributed by atoms with E-state index >= 15 is 0 Å². The minimum Gasteiger partial charge on any atom is -0.372 e. The Hall–Kier alpha value is -1.76. The standard InChI is InChI=1S/C17H19N/c1-3-18(4-2)15-10-9-14-11-13-7-5-6-8-16(13)17(14)12-15/h5-10,12H,3-4,11H2,1-2H3. The Morgan fingerprint density at radius 2 is 1.61 bits per heavy atom. The van der Waals surface area contributed by atoms with Crippen LogP contribution in [0.3, 0.4) is 0 Å². The zero-order valence-electron chi connectivity index (χ0n) is 11.1. The summed E-state index contributed by atoms with van der Waals surface area (Å²) in [6.07, 6.45) is 1.09. The molecule has 0 unspecified atom stereocenters. The molecule has 1 nitrogen and oxygen atoms in total. The van der Waals surface area contributed by atoms with E-state index in [-0.39, 0.29) is 0 Å². The second-order valence-corrected chi connectivity index (χ2v) is 4.85. The predicted molar refractivity (Wildman–Crippen MR) is 78.2 cm³/mol. The van der Waals surface area contributed by atoms with Crippen LogP contribution in [0.2, 0.25) is 0 Å². The summed E-state index contributed by atoms with van der Waals surface area (Å²) in [4.78, 5) is 2.40. The molecule has 3 rings (SSSR count). The molecule has 0 bridgehead atoms. The molecular formula is C17H19N. The number of anilines is 1. The highest BCUT2D eigenvalue weighted by atomic mass is 15.1. The van der Waals surface area contributed by atoms with Crippen molar-refractivity contribution in [3.8, 4) is 11.1 Å². The van der Waals surface area contributed by atoms with Gasteiger partial charge in [0.05, 0.1) is 0 Å². The highest BCUT2D eigenvalue weighted by Gasteiger charge is 2.18. The maximum Gasteiger partial charge on any atom is 0.0372 e. The first-order valence-corrected chi connectivity index (χ1v) is 6.79. The van der Waals surface area contributed by atoms with Gasteiger partial charge in [0.1, 0.15) is 0 Å². The van der Waals surface area contributed by atoms with Crippen molar-refractivity contribution in [1.29, 1.82) is 0 Å². The summed E-state index contributed by atoms with van der Waals surface area (Å²) >= 11 is 0. The van der Waals surface area contributed by atoms with Crippen molar-refractivity contribution in [2.45, 2.75) is 20.3 Å². The number of hydrogen-bond acceptors (Lipinski definition) is 1. The summed E-state index contributed by atoms with van der Waals surface area (Å²) in [7, 11) is 0. The maximum absolute atomic E-state index is 2.40. The molecule has 0 spiro atoms. The molecule has 2 aromatic rings. The van der Waals surface area contributed by atoms with Gasteiger partial charge in [0.2, 0.25) is 0 Å². The zero-order chi connectivity index (χ0) is 12.5. The van der Waals surface area contributed by atoms with Crippen LogP contribution in [0.4, 0.5) is 5.69 Å². The Balaban J connectivity index is 2.08. The van der Waals surface area contributed by atoms with Gasteiger partial charge in [-0.1, -0.05) is 30.3 Å². The minimum atomic E-state index is 1.07. The second kappa shape index (κ2) is 4.49. The summed E-state index contributed by atoms with van der Waals surface area (Å²) in [5.41, 5.74) is 7.11. The summed E-state index contributed by atoms with van der Waals surface area (Å²) in [5, 5.41) is 0. The van der Waals surface area contributed by atoms with Crippen LogP contribution in [-0.2, 0) is 6.42 Å². The van der Waals surface area contributed by atoms with Gasteiger partial charge in [0, 0.05) is 18.8 Å². The fourth-order valence-electron chi connectivity index (χ4n) is 2.90. The molecular weight excluding hydrogens is 218 g/mol. The first-order chi connectivity index (χ1) is 8.83. The molecule has 0 aliphatic heterocycles. The van der Waals surface area contributed by atoms with Crippen molar-refractivity contribution >= 4 is 5.69 Å².